The molecule has 0 N–H and O–H groups in total. The molecule has 0 heterocycles. The Balaban J connectivity index is 2.83. The van der Waals surface area contributed by atoms with Crippen molar-refractivity contribution < 1.29 is 27.2 Å². The summed E-state index contributed by atoms with van der Waals surface area (Å²) in [6.07, 6.45) is 3.06. The summed E-state index contributed by atoms with van der Waals surface area (Å²) in [5, 5.41) is 0. The minimum absolute atomic E-state index is 0.359. The van der Waals surface area contributed by atoms with Crippen LogP contribution >= 0.6 is 23.1 Å². The molecule has 0 aliphatic rings. The van der Waals surface area contributed by atoms with Crippen LogP contribution in [0.2, 0.25) is 0 Å². The van der Waals surface area contributed by atoms with Crippen molar-refractivity contribution in [1.82, 2.24) is 0 Å². The third kappa shape index (κ3) is 10.1. The molecule has 9 heteroatoms. The minimum atomic E-state index is -3.08. The van der Waals surface area contributed by atoms with Crippen LogP contribution in [-0.4, -0.2) is 51.1 Å². The van der Waals surface area contributed by atoms with Crippen LogP contribution in [0.3, 0.4) is 0 Å². The van der Waals surface area contributed by atoms with Gasteiger partial charge in [0.15, 0.2) is 0 Å². The normalized spacial score (nSPS) is 12.6. The molecule has 1 aromatic rings. The van der Waals surface area contributed by atoms with Gasteiger partial charge in [-0.15, -0.1) is 7.92 Å². The number of benzene rings is 1. The predicted octanol–water partition coefficient (Wildman–Crippen LogP) is 6.20. The van der Waals surface area contributed by atoms with Crippen molar-refractivity contribution in [1.29, 1.82) is 0 Å². The fraction of sp³-hybridized carbons (Fsp3) is 0.684. The summed E-state index contributed by atoms with van der Waals surface area (Å²) >= 11 is 0. The Morgan fingerprint density at radius 1 is 0.714 bits per heavy atom. The predicted molar refractivity (Wildman–Crippen MR) is 118 cm³/mol. The number of rotatable bonds is 16. The molecule has 0 aromatic heterocycles. The van der Waals surface area contributed by atoms with Gasteiger partial charge in [0.05, 0.1) is 38.8 Å². The molecule has 6 nitrogen and oxygen atoms in total. The molecule has 0 atom stereocenters. The second kappa shape index (κ2) is 14.0. The Morgan fingerprint density at radius 2 is 1.11 bits per heavy atom. The van der Waals surface area contributed by atoms with Crippen molar-refractivity contribution in [2.45, 2.75) is 33.9 Å². The lowest BCUT2D eigenvalue weighted by Gasteiger charge is -2.24. The lowest BCUT2D eigenvalue weighted by molar-refractivity contribution is 0.221. The van der Waals surface area contributed by atoms with Gasteiger partial charge >= 0.3 is 15.2 Å². The fourth-order valence-electron chi connectivity index (χ4n) is 2.76. The van der Waals surface area contributed by atoms with Gasteiger partial charge in [0.1, 0.15) is 0 Å². The molecule has 0 saturated heterocycles. The van der Waals surface area contributed by atoms with E-state index in [-0.39, 0.29) is 0 Å². The molecular formula is C19H35O6P3. The molecule has 0 spiro atoms. The van der Waals surface area contributed by atoms with Crippen LogP contribution < -0.4 is 0 Å². The molecule has 0 radical (unpaired) electrons. The van der Waals surface area contributed by atoms with E-state index >= 15 is 0 Å². The van der Waals surface area contributed by atoms with Crippen LogP contribution in [0, 0.1) is 0 Å². The van der Waals surface area contributed by atoms with Gasteiger partial charge in [0.25, 0.3) is 0 Å². The summed E-state index contributed by atoms with van der Waals surface area (Å²) in [4.78, 5) is 0. The second-order valence-corrected chi connectivity index (χ2v) is 13.0. The van der Waals surface area contributed by atoms with E-state index in [0.29, 0.717) is 38.8 Å². The van der Waals surface area contributed by atoms with E-state index in [0.717, 1.165) is 18.5 Å². The van der Waals surface area contributed by atoms with Crippen molar-refractivity contribution in [3.63, 3.8) is 0 Å². The minimum Gasteiger partial charge on any atom is -0.309 e. The monoisotopic (exact) mass is 452 g/mol. The van der Waals surface area contributed by atoms with Crippen LogP contribution in [0.1, 0.15) is 33.3 Å². The van der Waals surface area contributed by atoms with E-state index in [1.807, 2.05) is 45.9 Å². The molecule has 0 aliphatic heterocycles. The Bertz CT molecular complexity index is 571. The molecule has 0 aliphatic carbocycles. The Labute approximate surface area is 171 Å². The van der Waals surface area contributed by atoms with Gasteiger partial charge in [-0.3, -0.25) is 9.13 Å². The maximum Gasteiger partial charge on any atom is 0.331 e. The lowest BCUT2D eigenvalue weighted by Crippen LogP contribution is -2.08. The molecule has 0 unspecified atom stereocenters. The summed E-state index contributed by atoms with van der Waals surface area (Å²) < 4.78 is 47.4. The fourth-order valence-corrected chi connectivity index (χ4v) is 10.5. The lowest BCUT2D eigenvalue weighted by atomic mass is 10.2. The Hall–Kier alpha value is -0.0500. The molecule has 0 bridgehead atoms. The number of hydrogen-bond acceptors (Lipinski definition) is 6. The Morgan fingerprint density at radius 3 is 1.46 bits per heavy atom. The third-order valence-corrected chi connectivity index (χ3v) is 11.3. The highest BCUT2D eigenvalue weighted by Crippen LogP contribution is 2.55. The van der Waals surface area contributed by atoms with E-state index in [1.165, 1.54) is 5.56 Å². The van der Waals surface area contributed by atoms with Gasteiger partial charge in [0, 0.05) is 0 Å². The van der Waals surface area contributed by atoms with Crippen LogP contribution in [-0.2, 0) is 33.4 Å². The average molecular weight is 452 g/mol. The first-order valence-electron chi connectivity index (χ1n) is 9.92. The van der Waals surface area contributed by atoms with Crippen molar-refractivity contribution >= 4 is 23.1 Å². The largest absolute Gasteiger partial charge is 0.331 e. The van der Waals surface area contributed by atoms with Gasteiger partial charge < -0.3 is 18.1 Å². The molecule has 0 amide bonds. The average Bonchev–Trinajstić information content (AvgIpc) is 2.66. The molecule has 162 valence electrons. The maximum atomic E-state index is 12.8. The van der Waals surface area contributed by atoms with E-state index in [9.17, 15) is 9.13 Å². The second-order valence-electron chi connectivity index (χ2n) is 6.10. The van der Waals surface area contributed by atoms with E-state index < -0.39 is 23.1 Å². The van der Waals surface area contributed by atoms with Crippen molar-refractivity contribution in [2.75, 3.05) is 51.1 Å². The zero-order valence-corrected chi connectivity index (χ0v) is 20.2. The molecule has 0 saturated carbocycles. The van der Waals surface area contributed by atoms with Crippen LogP contribution in [0.15, 0.2) is 30.3 Å². The topological polar surface area (TPSA) is 71.1 Å². The molecule has 1 aromatic carbocycles. The zero-order valence-electron chi connectivity index (χ0n) is 17.5. The first-order valence-corrected chi connectivity index (χ1v) is 15.3. The van der Waals surface area contributed by atoms with Crippen LogP contribution in [0.25, 0.3) is 0 Å². The van der Waals surface area contributed by atoms with Crippen LogP contribution in [0.4, 0.5) is 0 Å². The summed E-state index contributed by atoms with van der Waals surface area (Å²) in [5.74, 6) is 0. The standard InChI is InChI=1S/C19H35O6P3/c1-5-22-27(20,23-6-2)16-14-26(18-19-12-10-9-11-13-19)15-17-28(21,24-7-3)25-8-4/h9-13H,5-8,14-18H2,1-4H3. The van der Waals surface area contributed by atoms with Gasteiger partial charge in [-0.25, -0.2) is 0 Å². The van der Waals surface area contributed by atoms with Gasteiger partial charge in [-0.2, -0.15) is 0 Å². The maximum absolute atomic E-state index is 12.8. The van der Waals surface area contributed by atoms with Crippen molar-refractivity contribution in [2.24, 2.45) is 0 Å². The molecule has 0 fully saturated rings. The highest BCUT2D eigenvalue weighted by Gasteiger charge is 2.28. The third-order valence-electron chi connectivity index (χ3n) is 3.93. The van der Waals surface area contributed by atoms with Gasteiger partial charge in [0.2, 0.25) is 0 Å². The summed E-state index contributed by atoms with van der Waals surface area (Å²) in [6, 6.07) is 10.2. The van der Waals surface area contributed by atoms with Gasteiger partial charge in [-0.1, -0.05) is 30.3 Å². The summed E-state index contributed by atoms with van der Waals surface area (Å²) in [6.45, 7) is 8.71. The van der Waals surface area contributed by atoms with Crippen molar-refractivity contribution in [3.05, 3.63) is 35.9 Å². The zero-order chi connectivity index (χ0) is 20.9. The SMILES string of the molecule is CCOP(=O)(CCP(CCP(=O)(OCC)OCC)Cc1ccccc1)OCC. The van der Waals surface area contributed by atoms with E-state index in [1.54, 1.807) is 0 Å². The summed E-state index contributed by atoms with van der Waals surface area (Å²) in [7, 11) is -6.74. The van der Waals surface area contributed by atoms with Crippen LogP contribution in [0.5, 0.6) is 0 Å². The van der Waals surface area contributed by atoms with E-state index in [2.05, 4.69) is 12.1 Å². The number of hydrogen-bond donors (Lipinski definition) is 0. The quantitative estimate of drug-likeness (QED) is 0.278. The first kappa shape index (κ1) is 26.0. The molecule has 1 rings (SSSR count). The van der Waals surface area contributed by atoms with Gasteiger partial charge in [-0.05, 0) is 51.7 Å². The smallest absolute Gasteiger partial charge is 0.309 e. The molecule has 28 heavy (non-hydrogen) atoms. The highest BCUT2D eigenvalue weighted by molar-refractivity contribution is 7.61. The first-order chi connectivity index (χ1) is 13.4. The Kier molecular flexibility index (Phi) is 13.0. The molecular weight excluding hydrogens is 417 g/mol. The van der Waals surface area contributed by atoms with Crippen molar-refractivity contribution in [3.8, 4) is 0 Å². The highest BCUT2D eigenvalue weighted by atomic mass is 31.2. The summed E-state index contributed by atoms with van der Waals surface area (Å²) in [5.41, 5.74) is 1.22. The van der Waals surface area contributed by atoms with E-state index in [4.69, 9.17) is 18.1 Å².